The number of nitrogens with one attached hydrogen (secondary N) is 1. The highest BCUT2D eigenvalue weighted by atomic mass is 16.1. The predicted octanol–water partition coefficient (Wildman–Crippen LogP) is 2.17. The number of nitrogens with zero attached hydrogens (tertiary/aromatic N) is 4. The van der Waals surface area contributed by atoms with Crippen LogP contribution in [-0.4, -0.2) is 34.8 Å². The summed E-state index contributed by atoms with van der Waals surface area (Å²) >= 11 is 0. The first kappa shape index (κ1) is 17.0. The molecule has 6 heteroatoms. The van der Waals surface area contributed by atoms with Gasteiger partial charge in [-0.15, -0.1) is 0 Å². The lowest BCUT2D eigenvalue weighted by atomic mass is 10.1. The lowest BCUT2D eigenvalue weighted by Crippen LogP contribution is -2.29. The number of hydrogen-bond acceptors (Lipinski definition) is 4. The van der Waals surface area contributed by atoms with Gasteiger partial charge in [0, 0.05) is 32.7 Å². The molecule has 23 heavy (non-hydrogen) atoms. The van der Waals surface area contributed by atoms with Gasteiger partial charge in [-0.25, -0.2) is 9.67 Å². The lowest BCUT2D eigenvalue weighted by molar-refractivity contribution is -0.121. The molecule has 1 aromatic heterocycles. The summed E-state index contributed by atoms with van der Waals surface area (Å²) in [7, 11) is 4.03. The number of rotatable bonds is 7. The molecule has 0 bridgehead atoms. The van der Waals surface area contributed by atoms with Gasteiger partial charge in [-0.2, -0.15) is 5.10 Å². The Morgan fingerprint density at radius 1 is 1.30 bits per heavy atom. The fourth-order valence-corrected chi connectivity index (χ4v) is 2.45. The van der Waals surface area contributed by atoms with Crippen LogP contribution >= 0.6 is 0 Å². The van der Waals surface area contributed by atoms with Crippen LogP contribution in [0.15, 0.2) is 30.6 Å². The van der Waals surface area contributed by atoms with Gasteiger partial charge in [0.2, 0.25) is 5.91 Å². The number of carbonyl (C=O) groups is 1. The molecule has 0 spiro atoms. The number of aryl methyl sites for hydroxylation is 2. The van der Waals surface area contributed by atoms with E-state index in [0.717, 1.165) is 30.0 Å². The molecule has 1 N–H and O–H groups in total. The Morgan fingerprint density at radius 2 is 2.00 bits per heavy atom. The van der Waals surface area contributed by atoms with Gasteiger partial charge in [0.05, 0.1) is 6.04 Å². The highest BCUT2D eigenvalue weighted by Crippen LogP contribution is 2.14. The molecule has 2 aromatic rings. The summed E-state index contributed by atoms with van der Waals surface area (Å²) in [6.45, 7) is 4.68. The van der Waals surface area contributed by atoms with Crippen LogP contribution in [0.5, 0.6) is 0 Å². The van der Waals surface area contributed by atoms with Crippen LogP contribution in [0.3, 0.4) is 0 Å². The number of benzene rings is 1. The van der Waals surface area contributed by atoms with Gasteiger partial charge in [0.1, 0.15) is 12.2 Å². The summed E-state index contributed by atoms with van der Waals surface area (Å²) in [5.41, 5.74) is 2.32. The summed E-state index contributed by atoms with van der Waals surface area (Å²) in [6.07, 6.45) is 2.71. The van der Waals surface area contributed by atoms with Crippen molar-refractivity contribution in [2.75, 3.05) is 19.0 Å². The van der Waals surface area contributed by atoms with Crippen molar-refractivity contribution in [3.8, 4) is 0 Å². The third-order valence-corrected chi connectivity index (χ3v) is 3.80. The van der Waals surface area contributed by atoms with Crippen LogP contribution in [0, 0.1) is 0 Å². The molecule has 0 unspecified atom stereocenters. The third-order valence-electron chi connectivity index (χ3n) is 3.80. The zero-order valence-corrected chi connectivity index (χ0v) is 14.3. The molecule has 0 saturated heterocycles. The van der Waals surface area contributed by atoms with Gasteiger partial charge >= 0.3 is 0 Å². The van der Waals surface area contributed by atoms with Gasteiger partial charge in [-0.05, 0) is 38.0 Å². The molecule has 1 amide bonds. The molecule has 6 nitrogen and oxygen atoms in total. The van der Waals surface area contributed by atoms with E-state index in [1.54, 1.807) is 4.68 Å². The number of hydrogen-bond donors (Lipinski definition) is 1. The molecule has 0 fully saturated rings. The van der Waals surface area contributed by atoms with Gasteiger partial charge in [-0.1, -0.05) is 12.1 Å². The normalized spacial score (nSPS) is 12.0. The molecule has 0 aliphatic heterocycles. The minimum absolute atomic E-state index is 0.0276. The molecule has 0 radical (unpaired) electrons. The van der Waals surface area contributed by atoms with E-state index in [-0.39, 0.29) is 11.9 Å². The molecule has 0 aliphatic carbocycles. The topological polar surface area (TPSA) is 63.1 Å². The summed E-state index contributed by atoms with van der Waals surface area (Å²) in [6, 6.07) is 8.14. The lowest BCUT2D eigenvalue weighted by Gasteiger charge is -2.14. The monoisotopic (exact) mass is 315 g/mol. The van der Waals surface area contributed by atoms with Gasteiger partial charge in [-0.3, -0.25) is 4.79 Å². The fraction of sp³-hybridized carbons (Fsp3) is 0.471. The van der Waals surface area contributed by atoms with Crippen molar-refractivity contribution >= 4 is 11.6 Å². The van der Waals surface area contributed by atoms with Gasteiger partial charge < -0.3 is 10.2 Å². The van der Waals surface area contributed by atoms with E-state index in [0.29, 0.717) is 6.42 Å². The van der Waals surface area contributed by atoms with E-state index in [4.69, 9.17) is 0 Å². The Bertz CT molecular complexity index is 633. The maximum atomic E-state index is 12.1. The second-order valence-electron chi connectivity index (χ2n) is 5.78. The second-order valence-corrected chi connectivity index (χ2v) is 5.78. The van der Waals surface area contributed by atoms with Crippen molar-refractivity contribution in [2.24, 2.45) is 0 Å². The Morgan fingerprint density at radius 3 is 2.61 bits per heavy atom. The minimum atomic E-state index is -0.138. The molecule has 1 atom stereocenters. The van der Waals surface area contributed by atoms with Crippen LogP contribution in [0.2, 0.25) is 0 Å². The van der Waals surface area contributed by atoms with Crippen LogP contribution in [0.25, 0.3) is 0 Å². The number of aromatic nitrogens is 3. The fourth-order valence-electron chi connectivity index (χ4n) is 2.45. The number of amides is 1. The molecule has 0 saturated carbocycles. The first-order chi connectivity index (χ1) is 11.0. The highest BCUT2D eigenvalue weighted by molar-refractivity contribution is 5.76. The smallest absolute Gasteiger partial charge is 0.220 e. The molecular formula is C17H25N5O. The first-order valence-electron chi connectivity index (χ1n) is 7.94. The second kappa shape index (κ2) is 7.76. The highest BCUT2D eigenvalue weighted by Gasteiger charge is 2.14. The maximum Gasteiger partial charge on any atom is 0.220 e. The molecular weight excluding hydrogens is 290 g/mol. The van der Waals surface area contributed by atoms with Crippen LogP contribution < -0.4 is 10.2 Å². The van der Waals surface area contributed by atoms with Gasteiger partial charge in [0.25, 0.3) is 0 Å². The average Bonchev–Trinajstić information content (AvgIpc) is 3.02. The average molecular weight is 315 g/mol. The molecule has 1 heterocycles. The van der Waals surface area contributed by atoms with Crippen molar-refractivity contribution < 1.29 is 4.79 Å². The first-order valence-corrected chi connectivity index (χ1v) is 7.94. The van der Waals surface area contributed by atoms with Crippen LogP contribution in [-0.2, 0) is 17.8 Å². The zero-order chi connectivity index (χ0) is 16.8. The number of carbonyl (C=O) groups excluding carboxylic acids is 1. The van der Waals surface area contributed by atoms with Crippen molar-refractivity contribution in [3.05, 3.63) is 42.0 Å². The standard InChI is InChI=1S/C17H25N5O/c1-5-22-17(18-12-19-22)13(2)20-16(23)11-8-14-6-9-15(10-7-14)21(3)4/h6-7,9-10,12-13H,5,8,11H2,1-4H3,(H,20,23)/t13-/m1/s1. The van der Waals surface area contributed by atoms with Crippen molar-refractivity contribution in [3.63, 3.8) is 0 Å². The van der Waals surface area contributed by atoms with E-state index in [1.807, 2.05) is 27.9 Å². The quantitative estimate of drug-likeness (QED) is 0.850. The predicted molar refractivity (Wildman–Crippen MR) is 91.3 cm³/mol. The largest absolute Gasteiger partial charge is 0.378 e. The van der Waals surface area contributed by atoms with Crippen LogP contribution in [0.4, 0.5) is 5.69 Å². The van der Waals surface area contributed by atoms with E-state index < -0.39 is 0 Å². The summed E-state index contributed by atoms with van der Waals surface area (Å²) < 4.78 is 1.80. The van der Waals surface area contributed by atoms with E-state index in [2.05, 4.69) is 44.6 Å². The van der Waals surface area contributed by atoms with E-state index >= 15 is 0 Å². The third kappa shape index (κ3) is 4.55. The summed E-state index contributed by atoms with van der Waals surface area (Å²) in [5.74, 6) is 0.816. The maximum absolute atomic E-state index is 12.1. The van der Waals surface area contributed by atoms with Crippen molar-refractivity contribution in [2.45, 2.75) is 39.3 Å². The van der Waals surface area contributed by atoms with E-state index in [1.165, 1.54) is 6.33 Å². The van der Waals surface area contributed by atoms with E-state index in [9.17, 15) is 4.79 Å². The summed E-state index contributed by atoms with van der Waals surface area (Å²) in [5, 5.41) is 7.12. The molecule has 1 aromatic carbocycles. The molecule has 2 rings (SSSR count). The zero-order valence-electron chi connectivity index (χ0n) is 14.3. The number of anilines is 1. The Hall–Kier alpha value is -2.37. The summed E-state index contributed by atoms with van der Waals surface area (Å²) in [4.78, 5) is 18.4. The van der Waals surface area contributed by atoms with Crippen LogP contribution in [0.1, 0.15) is 37.7 Å². The minimum Gasteiger partial charge on any atom is -0.378 e. The molecule has 0 aliphatic rings. The van der Waals surface area contributed by atoms with Crippen molar-refractivity contribution in [1.82, 2.24) is 20.1 Å². The van der Waals surface area contributed by atoms with Crippen molar-refractivity contribution in [1.29, 1.82) is 0 Å². The Labute approximate surface area is 137 Å². The molecule has 124 valence electrons. The van der Waals surface area contributed by atoms with Gasteiger partial charge in [0.15, 0.2) is 0 Å². The SMILES string of the molecule is CCn1ncnc1[C@@H](C)NC(=O)CCc1ccc(N(C)C)cc1. The Balaban J connectivity index is 1.85. The Kier molecular flexibility index (Phi) is 5.73.